The van der Waals surface area contributed by atoms with E-state index in [1.54, 1.807) is 42.5 Å². The first-order chi connectivity index (χ1) is 9.47. The van der Waals surface area contributed by atoms with Gasteiger partial charge in [0.1, 0.15) is 0 Å². The number of anilines is 1. The summed E-state index contributed by atoms with van der Waals surface area (Å²) in [7, 11) is 0. The number of nitrogens with one attached hydrogen (secondary N) is 1. The second kappa shape index (κ2) is 6.07. The van der Waals surface area contributed by atoms with Crippen LogP contribution in [0.15, 0.2) is 46.9 Å². The van der Waals surface area contributed by atoms with Crippen molar-refractivity contribution in [3.8, 4) is 0 Å². The molecule has 6 heteroatoms. The van der Waals surface area contributed by atoms with Crippen molar-refractivity contribution in [3.63, 3.8) is 0 Å². The fourth-order valence-electron chi connectivity index (χ4n) is 1.59. The molecule has 0 aromatic heterocycles. The Hall–Kier alpha value is -1.85. The Labute approximate surface area is 129 Å². The number of halogens is 2. The molecule has 0 aliphatic heterocycles. The van der Waals surface area contributed by atoms with Gasteiger partial charge in [-0.2, -0.15) is 0 Å². The van der Waals surface area contributed by atoms with E-state index in [0.717, 1.165) is 0 Å². The summed E-state index contributed by atoms with van der Waals surface area (Å²) < 4.78 is 0.608. The van der Waals surface area contributed by atoms with Crippen molar-refractivity contribution in [2.45, 2.75) is 0 Å². The van der Waals surface area contributed by atoms with Crippen LogP contribution in [0.5, 0.6) is 0 Å². The van der Waals surface area contributed by atoms with Crippen LogP contribution in [0.2, 0.25) is 5.02 Å². The van der Waals surface area contributed by atoms with Gasteiger partial charge in [-0.25, -0.2) is 0 Å². The summed E-state index contributed by atoms with van der Waals surface area (Å²) >= 11 is 9.11. The van der Waals surface area contributed by atoms with Crippen LogP contribution in [-0.4, -0.2) is 11.8 Å². The third kappa shape index (κ3) is 3.37. The molecule has 0 atom stereocenters. The number of carbonyl (C=O) groups is 2. The lowest BCUT2D eigenvalue weighted by Gasteiger charge is -2.07. The van der Waals surface area contributed by atoms with Crippen molar-refractivity contribution in [1.29, 1.82) is 0 Å². The molecule has 0 radical (unpaired) electrons. The SMILES string of the molecule is NC(=O)c1ccc(NC(=O)c2ccc(Cl)cc2Br)cc1. The van der Waals surface area contributed by atoms with E-state index in [9.17, 15) is 9.59 Å². The summed E-state index contributed by atoms with van der Waals surface area (Å²) in [5.74, 6) is -0.788. The van der Waals surface area contributed by atoms with Gasteiger partial charge in [-0.05, 0) is 58.4 Å². The first-order valence-electron chi connectivity index (χ1n) is 5.63. The van der Waals surface area contributed by atoms with Crippen LogP contribution in [-0.2, 0) is 0 Å². The summed E-state index contributed by atoms with van der Waals surface area (Å²) in [4.78, 5) is 23.0. The van der Waals surface area contributed by atoms with Crippen molar-refractivity contribution in [2.75, 3.05) is 5.32 Å². The molecular formula is C14H10BrClN2O2. The van der Waals surface area contributed by atoms with Gasteiger partial charge in [0.05, 0.1) is 5.56 Å². The minimum atomic E-state index is -0.511. The Morgan fingerprint density at radius 1 is 1.10 bits per heavy atom. The Morgan fingerprint density at radius 3 is 2.30 bits per heavy atom. The number of hydrogen-bond donors (Lipinski definition) is 2. The largest absolute Gasteiger partial charge is 0.366 e. The standard InChI is InChI=1S/C14H10BrClN2O2/c15-12-7-9(16)3-6-11(12)14(20)18-10-4-1-8(2-5-10)13(17)19/h1-7H,(H2,17,19)(H,18,20). The first kappa shape index (κ1) is 14.6. The van der Waals surface area contributed by atoms with E-state index >= 15 is 0 Å². The van der Waals surface area contributed by atoms with Crippen LogP contribution >= 0.6 is 27.5 Å². The molecule has 102 valence electrons. The second-order valence-corrected chi connectivity index (χ2v) is 5.31. The Balaban J connectivity index is 2.17. The lowest BCUT2D eigenvalue weighted by molar-refractivity contribution is 0.0998. The zero-order chi connectivity index (χ0) is 14.7. The van der Waals surface area contributed by atoms with Crippen LogP contribution in [0, 0.1) is 0 Å². The zero-order valence-corrected chi connectivity index (χ0v) is 12.5. The minimum absolute atomic E-state index is 0.277. The van der Waals surface area contributed by atoms with Crippen LogP contribution in [0.3, 0.4) is 0 Å². The fourth-order valence-corrected chi connectivity index (χ4v) is 2.45. The van der Waals surface area contributed by atoms with Crippen LogP contribution in [0.25, 0.3) is 0 Å². The average molecular weight is 354 g/mol. The molecule has 20 heavy (non-hydrogen) atoms. The number of nitrogens with two attached hydrogens (primary N) is 1. The molecule has 0 aliphatic rings. The highest BCUT2D eigenvalue weighted by atomic mass is 79.9. The zero-order valence-electron chi connectivity index (χ0n) is 10.2. The van der Waals surface area contributed by atoms with Crippen molar-refractivity contribution >= 4 is 45.0 Å². The molecule has 0 spiro atoms. The Bertz CT molecular complexity index is 671. The molecule has 2 amide bonds. The van der Waals surface area contributed by atoms with Crippen LogP contribution < -0.4 is 11.1 Å². The van der Waals surface area contributed by atoms with Gasteiger partial charge in [0.2, 0.25) is 5.91 Å². The summed E-state index contributed by atoms with van der Waals surface area (Å²) in [5.41, 5.74) is 6.57. The van der Waals surface area contributed by atoms with E-state index in [0.29, 0.717) is 26.3 Å². The first-order valence-corrected chi connectivity index (χ1v) is 6.81. The van der Waals surface area contributed by atoms with Gasteiger partial charge >= 0.3 is 0 Å². The average Bonchev–Trinajstić information content (AvgIpc) is 2.39. The predicted molar refractivity (Wildman–Crippen MR) is 82.1 cm³/mol. The molecule has 0 bridgehead atoms. The Morgan fingerprint density at radius 2 is 1.75 bits per heavy atom. The molecule has 3 N–H and O–H groups in total. The van der Waals surface area contributed by atoms with E-state index < -0.39 is 5.91 Å². The van der Waals surface area contributed by atoms with Gasteiger partial charge in [-0.3, -0.25) is 9.59 Å². The van der Waals surface area contributed by atoms with Gasteiger partial charge in [0.25, 0.3) is 5.91 Å². The third-order valence-corrected chi connectivity index (χ3v) is 3.49. The third-order valence-electron chi connectivity index (χ3n) is 2.60. The molecule has 0 unspecified atom stereocenters. The van der Waals surface area contributed by atoms with Gasteiger partial charge in [0.15, 0.2) is 0 Å². The van der Waals surface area contributed by atoms with Crippen molar-refractivity contribution in [3.05, 3.63) is 63.1 Å². The molecule has 0 aliphatic carbocycles. The van der Waals surface area contributed by atoms with E-state index in [4.69, 9.17) is 17.3 Å². The molecular weight excluding hydrogens is 344 g/mol. The second-order valence-electron chi connectivity index (χ2n) is 4.02. The van der Waals surface area contributed by atoms with E-state index in [1.165, 1.54) is 0 Å². The van der Waals surface area contributed by atoms with Gasteiger partial charge in [0, 0.05) is 20.7 Å². The normalized spacial score (nSPS) is 10.1. The highest BCUT2D eigenvalue weighted by molar-refractivity contribution is 9.10. The summed E-state index contributed by atoms with van der Waals surface area (Å²) in [5, 5.41) is 3.26. The summed E-state index contributed by atoms with van der Waals surface area (Å²) in [6.07, 6.45) is 0. The summed E-state index contributed by atoms with van der Waals surface area (Å²) in [6.45, 7) is 0. The minimum Gasteiger partial charge on any atom is -0.366 e. The molecule has 4 nitrogen and oxygen atoms in total. The molecule has 0 heterocycles. The number of amides is 2. The van der Waals surface area contributed by atoms with Gasteiger partial charge < -0.3 is 11.1 Å². The fraction of sp³-hybridized carbons (Fsp3) is 0. The van der Waals surface area contributed by atoms with Crippen LogP contribution in [0.1, 0.15) is 20.7 Å². The lowest BCUT2D eigenvalue weighted by Crippen LogP contribution is -2.13. The quantitative estimate of drug-likeness (QED) is 0.887. The maximum atomic E-state index is 12.1. The molecule has 0 saturated heterocycles. The number of primary amides is 1. The van der Waals surface area contributed by atoms with Gasteiger partial charge in [-0.1, -0.05) is 11.6 Å². The smallest absolute Gasteiger partial charge is 0.256 e. The number of rotatable bonds is 3. The highest BCUT2D eigenvalue weighted by Gasteiger charge is 2.10. The molecule has 2 rings (SSSR count). The number of carbonyl (C=O) groups excluding carboxylic acids is 2. The van der Waals surface area contributed by atoms with Crippen molar-refractivity contribution in [2.24, 2.45) is 5.73 Å². The molecule has 0 saturated carbocycles. The Kier molecular flexibility index (Phi) is 4.42. The van der Waals surface area contributed by atoms with Crippen molar-refractivity contribution in [1.82, 2.24) is 0 Å². The molecule has 2 aromatic rings. The lowest BCUT2D eigenvalue weighted by atomic mass is 10.2. The maximum Gasteiger partial charge on any atom is 0.256 e. The molecule has 0 fully saturated rings. The molecule has 2 aromatic carbocycles. The van der Waals surface area contributed by atoms with Gasteiger partial charge in [-0.15, -0.1) is 0 Å². The van der Waals surface area contributed by atoms with Crippen LogP contribution in [0.4, 0.5) is 5.69 Å². The summed E-state index contributed by atoms with van der Waals surface area (Å²) in [6, 6.07) is 11.2. The topological polar surface area (TPSA) is 72.2 Å². The number of benzene rings is 2. The van der Waals surface area contributed by atoms with E-state index in [1.807, 2.05) is 0 Å². The highest BCUT2D eigenvalue weighted by Crippen LogP contribution is 2.22. The van der Waals surface area contributed by atoms with E-state index in [2.05, 4.69) is 21.2 Å². The number of hydrogen-bond acceptors (Lipinski definition) is 2. The maximum absolute atomic E-state index is 12.1. The van der Waals surface area contributed by atoms with E-state index in [-0.39, 0.29) is 5.91 Å². The monoisotopic (exact) mass is 352 g/mol. The predicted octanol–water partition coefficient (Wildman–Crippen LogP) is 3.45. The van der Waals surface area contributed by atoms with Crippen molar-refractivity contribution < 1.29 is 9.59 Å².